The highest BCUT2D eigenvalue weighted by Gasteiger charge is 2.08. The maximum Gasteiger partial charge on any atom is 0.358 e. The van der Waals surface area contributed by atoms with Crippen molar-refractivity contribution in [2.24, 2.45) is 0 Å². The molecule has 0 aliphatic heterocycles. The van der Waals surface area contributed by atoms with E-state index in [9.17, 15) is 4.79 Å². The van der Waals surface area contributed by atoms with Crippen LogP contribution in [0.2, 0.25) is 0 Å². The van der Waals surface area contributed by atoms with Gasteiger partial charge in [-0.2, -0.15) is 11.3 Å². The number of nitrogens with zero attached hydrogens (tertiary/aromatic N) is 2. The Hall–Kier alpha value is -1.95. The summed E-state index contributed by atoms with van der Waals surface area (Å²) in [6, 6.07) is 2.02. The smallest absolute Gasteiger partial charge is 0.358 e. The molecule has 0 spiro atoms. The molecule has 6 heteroatoms. The summed E-state index contributed by atoms with van der Waals surface area (Å²) in [6.45, 7) is 0.656. The number of ether oxygens (including phenoxy) is 1. The quantitative estimate of drug-likeness (QED) is 0.839. The van der Waals surface area contributed by atoms with Gasteiger partial charge in [0.1, 0.15) is 5.82 Å². The number of thiophene rings is 1. The molecule has 0 aromatic carbocycles. The van der Waals surface area contributed by atoms with Crippen LogP contribution in [0.1, 0.15) is 16.1 Å². The van der Waals surface area contributed by atoms with Crippen molar-refractivity contribution in [2.45, 2.75) is 6.54 Å². The van der Waals surface area contributed by atoms with Gasteiger partial charge < -0.3 is 10.1 Å². The van der Waals surface area contributed by atoms with Gasteiger partial charge >= 0.3 is 5.97 Å². The van der Waals surface area contributed by atoms with Crippen molar-refractivity contribution < 1.29 is 9.53 Å². The molecule has 0 saturated carbocycles. The van der Waals surface area contributed by atoms with Crippen LogP contribution in [-0.2, 0) is 11.3 Å². The third-order valence-corrected chi connectivity index (χ3v) is 2.81. The first-order chi connectivity index (χ1) is 8.29. The number of esters is 1. The van der Waals surface area contributed by atoms with Gasteiger partial charge in [-0.25, -0.2) is 9.78 Å². The van der Waals surface area contributed by atoms with E-state index in [1.807, 2.05) is 16.8 Å². The first kappa shape index (κ1) is 11.5. The number of hydrogen-bond acceptors (Lipinski definition) is 6. The van der Waals surface area contributed by atoms with Gasteiger partial charge in [-0.3, -0.25) is 4.98 Å². The first-order valence-corrected chi connectivity index (χ1v) is 5.89. The van der Waals surface area contributed by atoms with Crippen molar-refractivity contribution in [3.63, 3.8) is 0 Å². The molecule has 0 atom stereocenters. The SMILES string of the molecule is COC(=O)c1cncc(NCc2ccsc2)n1. The monoisotopic (exact) mass is 249 g/mol. The number of hydrogen-bond donors (Lipinski definition) is 1. The number of aromatic nitrogens is 2. The summed E-state index contributed by atoms with van der Waals surface area (Å²) in [5.74, 6) is 0.0655. The largest absolute Gasteiger partial charge is 0.464 e. The van der Waals surface area contributed by atoms with E-state index >= 15 is 0 Å². The van der Waals surface area contributed by atoms with Gasteiger partial charge in [-0.1, -0.05) is 0 Å². The van der Waals surface area contributed by atoms with Crippen LogP contribution in [0.15, 0.2) is 29.2 Å². The zero-order valence-electron chi connectivity index (χ0n) is 9.21. The van der Waals surface area contributed by atoms with Crippen LogP contribution in [0.3, 0.4) is 0 Å². The lowest BCUT2D eigenvalue weighted by atomic mass is 10.3. The topological polar surface area (TPSA) is 64.1 Å². The fourth-order valence-corrected chi connectivity index (χ4v) is 1.91. The molecular formula is C11H11N3O2S. The molecule has 2 aromatic heterocycles. The minimum absolute atomic E-state index is 0.197. The van der Waals surface area contributed by atoms with Crippen LogP contribution < -0.4 is 5.32 Å². The zero-order chi connectivity index (χ0) is 12.1. The third-order valence-electron chi connectivity index (χ3n) is 2.08. The molecule has 0 unspecified atom stereocenters. The standard InChI is InChI=1S/C11H11N3O2S/c1-16-11(15)9-5-12-6-10(14-9)13-4-8-2-3-17-7-8/h2-3,5-7H,4H2,1H3,(H,13,14). The second kappa shape index (κ2) is 5.40. The molecular weight excluding hydrogens is 238 g/mol. The van der Waals surface area contributed by atoms with E-state index in [0.29, 0.717) is 12.4 Å². The number of nitrogens with one attached hydrogen (secondary N) is 1. The average molecular weight is 249 g/mol. The van der Waals surface area contributed by atoms with Crippen LogP contribution in [0, 0.1) is 0 Å². The highest BCUT2D eigenvalue weighted by molar-refractivity contribution is 7.07. The van der Waals surface area contributed by atoms with Crippen LogP contribution >= 0.6 is 11.3 Å². The summed E-state index contributed by atoms with van der Waals surface area (Å²) in [4.78, 5) is 19.3. The van der Waals surface area contributed by atoms with Crippen molar-refractivity contribution in [2.75, 3.05) is 12.4 Å². The second-order valence-electron chi connectivity index (χ2n) is 3.27. The van der Waals surface area contributed by atoms with E-state index < -0.39 is 5.97 Å². The van der Waals surface area contributed by atoms with E-state index in [1.165, 1.54) is 18.9 Å². The van der Waals surface area contributed by atoms with E-state index in [-0.39, 0.29) is 5.69 Å². The minimum atomic E-state index is -0.489. The molecule has 0 saturated heterocycles. The van der Waals surface area contributed by atoms with Crippen molar-refractivity contribution >= 4 is 23.1 Å². The summed E-state index contributed by atoms with van der Waals surface area (Å²) in [7, 11) is 1.31. The third kappa shape index (κ3) is 3.01. The van der Waals surface area contributed by atoms with Gasteiger partial charge in [-0.15, -0.1) is 0 Å². The molecule has 1 N–H and O–H groups in total. The zero-order valence-corrected chi connectivity index (χ0v) is 10.0. The van der Waals surface area contributed by atoms with Gasteiger partial charge in [0.2, 0.25) is 0 Å². The maximum atomic E-state index is 11.2. The fourth-order valence-electron chi connectivity index (χ4n) is 1.24. The Morgan fingerprint density at radius 3 is 3.12 bits per heavy atom. The molecule has 2 aromatic rings. The lowest BCUT2D eigenvalue weighted by Crippen LogP contribution is -2.08. The molecule has 0 fully saturated rings. The molecule has 88 valence electrons. The van der Waals surface area contributed by atoms with Gasteiger partial charge in [0.25, 0.3) is 0 Å². The Bertz CT molecular complexity index is 499. The number of carbonyl (C=O) groups excluding carboxylic acids is 1. The van der Waals surface area contributed by atoms with Crippen LogP contribution in [0.5, 0.6) is 0 Å². The van der Waals surface area contributed by atoms with Gasteiger partial charge in [0.05, 0.1) is 19.5 Å². The Balaban J connectivity index is 2.03. The normalized spacial score (nSPS) is 9.94. The Morgan fingerprint density at radius 1 is 1.53 bits per heavy atom. The van der Waals surface area contributed by atoms with E-state index in [1.54, 1.807) is 17.5 Å². The predicted molar refractivity (Wildman–Crippen MR) is 65.0 cm³/mol. The molecule has 0 aliphatic carbocycles. The van der Waals surface area contributed by atoms with Crippen molar-refractivity contribution in [3.05, 3.63) is 40.5 Å². The van der Waals surface area contributed by atoms with Gasteiger partial charge in [0, 0.05) is 6.54 Å². The average Bonchev–Trinajstić information content (AvgIpc) is 2.89. The van der Waals surface area contributed by atoms with Crippen molar-refractivity contribution in [3.8, 4) is 0 Å². The highest BCUT2D eigenvalue weighted by atomic mass is 32.1. The molecule has 5 nitrogen and oxygen atoms in total. The van der Waals surface area contributed by atoms with Crippen LogP contribution in [0.4, 0.5) is 5.82 Å². The lowest BCUT2D eigenvalue weighted by Gasteiger charge is -2.04. The van der Waals surface area contributed by atoms with Gasteiger partial charge in [0.15, 0.2) is 5.69 Å². The lowest BCUT2D eigenvalue weighted by molar-refractivity contribution is 0.0593. The van der Waals surface area contributed by atoms with E-state index in [0.717, 1.165) is 0 Å². The minimum Gasteiger partial charge on any atom is -0.464 e. The fraction of sp³-hybridized carbons (Fsp3) is 0.182. The molecule has 0 bridgehead atoms. The number of rotatable bonds is 4. The van der Waals surface area contributed by atoms with Crippen molar-refractivity contribution in [1.82, 2.24) is 9.97 Å². The summed E-state index contributed by atoms with van der Waals surface area (Å²) < 4.78 is 4.57. The Labute approximate surface area is 102 Å². The predicted octanol–water partition coefficient (Wildman–Crippen LogP) is 1.94. The summed E-state index contributed by atoms with van der Waals surface area (Å²) in [5.41, 5.74) is 1.36. The molecule has 0 radical (unpaired) electrons. The second-order valence-corrected chi connectivity index (χ2v) is 4.05. The molecule has 2 heterocycles. The van der Waals surface area contributed by atoms with Crippen LogP contribution in [-0.4, -0.2) is 23.0 Å². The first-order valence-electron chi connectivity index (χ1n) is 4.95. The number of carbonyl (C=O) groups is 1. The molecule has 0 aliphatic rings. The maximum absolute atomic E-state index is 11.2. The van der Waals surface area contributed by atoms with E-state index in [4.69, 9.17) is 0 Å². The summed E-state index contributed by atoms with van der Waals surface area (Å²) >= 11 is 1.64. The van der Waals surface area contributed by atoms with Gasteiger partial charge in [-0.05, 0) is 22.4 Å². The molecule has 17 heavy (non-hydrogen) atoms. The van der Waals surface area contributed by atoms with Crippen molar-refractivity contribution in [1.29, 1.82) is 0 Å². The van der Waals surface area contributed by atoms with E-state index in [2.05, 4.69) is 20.0 Å². The van der Waals surface area contributed by atoms with Crippen LogP contribution in [0.25, 0.3) is 0 Å². The highest BCUT2D eigenvalue weighted by Crippen LogP contribution is 2.09. The Kier molecular flexibility index (Phi) is 3.66. The number of anilines is 1. The number of methoxy groups -OCH3 is 1. The molecule has 0 amide bonds. The summed E-state index contributed by atoms with van der Waals surface area (Å²) in [5, 5.41) is 7.15. The Morgan fingerprint density at radius 2 is 2.41 bits per heavy atom. The molecule has 2 rings (SSSR count). The summed E-state index contributed by atoms with van der Waals surface area (Å²) in [6.07, 6.45) is 2.94.